The molecule has 2 rings (SSSR count). The van der Waals surface area contributed by atoms with Crippen molar-refractivity contribution in [1.29, 1.82) is 0 Å². The standard InChI is InChI=1S/C18H21NO3/c1-3-22-18(20)17(14-7-5-4-6-8-14)13-19-15-9-11-16(21-2)12-10-15/h4-12,17,19H,3,13H2,1-2H3. The van der Waals surface area contributed by atoms with E-state index in [1.807, 2.05) is 61.5 Å². The third kappa shape index (κ3) is 4.25. The summed E-state index contributed by atoms with van der Waals surface area (Å²) in [5, 5.41) is 3.28. The van der Waals surface area contributed by atoms with Gasteiger partial charge in [-0.1, -0.05) is 30.3 Å². The second-order valence-corrected chi connectivity index (χ2v) is 4.82. The van der Waals surface area contributed by atoms with Crippen LogP contribution >= 0.6 is 0 Å². The highest BCUT2D eigenvalue weighted by Crippen LogP contribution is 2.20. The average molecular weight is 299 g/mol. The van der Waals surface area contributed by atoms with Gasteiger partial charge in [-0.25, -0.2) is 0 Å². The molecule has 0 fully saturated rings. The van der Waals surface area contributed by atoms with Crippen LogP contribution < -0.4 is 10.1 Å². The SMILES string of the molecule is CCOC(=O)C(CNc1ccc(OC)cc1)c1ccccc1. The molecule has 4 nitrogen and oxygen atoms in total. The maximum Gasteiger partial charge on any atom is 0.315 e. The number of ether oxygens (including phenoxy) is 2. The first-order chi connectivity index (χ1) is 10.7. The van der Waals surface area contributed by atoms with Gasteiger partial charge < -0.3 is 14.8 Å². The van der Waals surface area contributed by atoms with Crippen LogP contribution in [-0.2, 0) is 9.53 Å². The van der Waals surface area contributed by atoms with Crippen molar-refractivity contribution in [1.82, 2.24) is 0 Å². The zero-order chi connectivity index (χ0) is 15.8. The molecule has 0 amide bonds. The highest BCUT2D eigenvalue weighted by Gasteiger charge is 2.21. The Hall–Kier alpha value is -2.49. The van der Waals surface area contributed by atoms with E-state index in [2.05, 4.69) is 5.32 Å². The molecule has 2 aromatic rings. The minimum atomic E-state index is -0.330. The van der Waals surface area contributed by atoms with Crippen LogP contribution in [0.5, 0.6) is 5.75 Å². The topological polar surface area (TPSA) is 47.6 Å². The van der Waals surface area contributed by atoms with Crippen molar-refractivity contribution >= 4 is 11.7 Å². The Labute approximate surface area is 131 Å². The molecular formula is C18H21NO3. The van der Waals surface area contributed by atoms with Crippen LogP contribution in [0.15, 0.2) is 54.6 Å². The molecule has 22 heavy (non-hydrogen) atoms. The van der Waals surface area contributed by atoms with Crippen molar-refractivity contribution in [2.75, 3.05) is 25.6 Å². The van der Waals surface area contributed by atoms with Crippen LogP contribution in [0.2, 0.25) is 0 Å². The number of benzene rings is 2. The van der Waals surface area contributed by atoms with Crippen molar-refractivity contribution in [3.8, 4) is 5.75 Å². The van der Waals surface area contributed by atoms with E-state index in [-0.39, 0.29) is 11.9 Å². The molecule has 0 aromatic heterocycles. The van der Waals surface area contributed by atoms with Gasteiger partial charge in [-0.05, 0) is 36.8 Å². The molecule has 0 radical (unpaired) electrons. The molecule has 0 bridgehead atoms. The van der Waals surface area contributed by atoms with E-state index in [0.29, 0.717) is 13.2 Å². The predicted molar refractivity (Wildman–Crippen MR) is 87.3 cm³/mol. The van der Waals surface area contributed by atoms with E-state index >= 15 is 0 Å². The zero-order valence-corrected chi connectivity index (χ0v) is 12.9. The predicted octanol–water partition coefficient (Wildman–Crippen LogP) is 3.45. The quantitative estimate of drug-likeness (QED) is 0.795. The minimum absolute atomic E-state index is 0.213. The van der Waals surface area contributed by atoms with Crippen molar-refractivity contribution in [2.45, 2.75) is 12.8 Å². The minimum Gasteiger partial charge on any atom is -0.497 e. The number of hydrogen-bond acceptors (Lipinski definition) is 4. The zero-order valence-electron chi connectivity index (χ0n) is 12.9. The highest BCUT2D eigenvalue weighted by atomic mass is 16.5. The molecular weight excluding hydrogens is 278 g/mol. The maximum absolute atomic E-state index is 12.2. The Balaban J connectivity index is 2.07. The van der Waals surface area contributed by atoms with E-state index in [4.69, 9.17) is 9.47 Å². The van der Waals surface area contributed by atoms with E-state index in [0.717, 1.165) is 17.0 Å². The van der Waals surface area contributed by atoms with Crippen LogP contribution in [-0.4, -0.2) is 26.2 Å². The lowest BCUT2D eigenvalue weighted by Gasteiger charge is -2.17. The normalized spacial score (nSPS) is 11.5. The number of carbonyl (C=O) groups is 1. The van der Waals surface area contributed by atoms with E-state index in [1.54, 1.807) is 7.11 Å². The molecule has 0 saturated heterocycles. The largest absolute Gasteiger partial charge is 0.497 e. The molecule has 0 heterocycles. The Morgan fingerprint density at radius 1 is 1.09 bits per heavy atom. The van der Waals surface area contributed by atoms with E-state index < -0.39 is 0 Å². The summed E-state index contributed by atoms with van der Waals surface area (Å²) in [6, 6.07) is 17.3. The molecule has 1 atom stereocenters. The second kappa shape index (κ2) is 8.08. The van der Waals surface area contributed by atoms with Gasteiger partial charge in [-0.3, -0.25) is 4.79 Å². The fourth-order valence-electron chi connectivity index (χ4n) is 2.19. The third-order valence-electron chi connectivity index (χ3n) is 3.37. The Kier molecular flexibility index (Phi) is 5.83. The summed E-state index contributed by atoms with van der Waals surface area (Å²) < 4.78 is 10.3. The van der Waals surface area contributed by atoms with Crippen molar-refractivity contribution in [3.63, 3.8) is 0 Å². The number of esters is 1. The molecule has 0 aliphatic carbocycles. The lowest BCUT2D eigenvalue weighted by Crippen LogP contribution is -2.23. The molecule has 116 valence electrons. The summed E-state index contributed by atoms with van der Waals surface area (Å²) in [4.78, 5) is 12.2. The molecule has 0 aliphatic rings. The molecule has 4 heteroatoms. The van der Waals surface area contributed by atoms with Gasteiger partial charge in [0, 0.05) is 12.2 Å². The monoisotopic (exact) mass is 299 g/mol. The Morgan fingerprint density at radius 3 is 2.36 bits per heavy atom. The molecule has 0 aliphatic heterocycles. The molecule has 1 unspecified atom stereocenters. The lowest BCUT2D eigenvalue weighted by atomic mass is 9.99. The van der Waals surface area contributed by atoms with Gasteiger partial charge in [-0.2, -0.15) is 0 Å². The maximum atomic E-state index is 12.2. The van der Waals surface area contributed by atoms with Gasteiger partial charge in [0.25, 0.3) is 0 Å². The Bertz CT molecular complexity index is 581. The summed E-state index contributed by atoms with van der Waals surface area (Å²) in [7, 11) is 1.63. The number of hydrogen-bond donors (Lipinski definition) is 1. The van der Waals surface area contributed by atoms with Gasteiger partial charge in [0.2, 0.25) is 0 Å². The Morgan fingerprint density at radius 2 is 1.77 bits per heavy atom. The number of carbonyl (C=O) groups excluding carboxylic acids is 1. The first kappa shape index (κ1) is 15.9. The van der Waals surface area contributed by atoms with E-state index in [9.17, 15) is 4.79 Å². The molecule has 0 saturated carbocycles. The van der Waals surface area contributed by atoms with Gasteiger partial charge in [0.1, 0.15) is 5.75 Å². The van der Waals surface area contributed by atoms with E-state index in [1.165, 1.54) is 0 Å². The summed E-state index contributed by atoms with van der Waals surface area (Å²) in [6.45, 7) is 2.68. The van der Waals surface area contributed by atoms with Crippen LogP contribution in [0.25, 0.3) is 0 Å². The van der Waals surface area contributed by atoms with Crippen LogP contribution in [0, 0.1) is 0 Å². The lowest BCUT2D eigenvalue weighted by molar-refractivity contribution is -0.144. The smallest absolute Gasteiger partial charge is 0.315 e. The van der Waals surface area contributed by atoms with Crippen LogP contribution in [0.4, 0.5) is 5.69 Å². The van der Waals surface area contributed by atoms with Crippen molar-refractivity contribution < 1.29 is 14.3 Å². The summed E-state index contributed by atoms with van der Waals surface area (Å²) >= 11 is 0. The summed E-state index contributed by atoms with van der Waals surface area (Å²) in [5.74, 6) is 0.258. The first-order valence-corrected chi connectivity index (χ1v) is 7.34. The first-order valence-electron chi connectivity index (χ1n) is 7.34. The number of methoxy groups -OCH3 is 1. The molecule has 1 N–H and O–H groups in total. The van der Waals surface area contributed by atoms with Gasteiger partial charge in [-0.15, -0.1) is 0 Å². The fourth-order valence-corrected chi connectivity index (χ4v) is 2.19. The van der Waals surface area contributed by atoms with Crippen molar-refractivity contribution in [3.05, 3.63) is 60.2 Å². The number of rotatable bonds is 7. The van der Waals surface area contributed by atoms with Gasteiger partial charge in [0.05, 0.1) is 19.6 Å². The third-order valence-corrected chi connectivity index (χ3v) is 3.37. The molecule has 2 aromatic carbocycles. The molecule has 0 spiro atoms. The number of anilines is 1. The number of nitrogens with one attached hydrogen (secondary N) is 1. The average Bonchev–Trinajstić information content (AvgIpc) is 2.57. The summed E-state index contributed by atoms with van der Waals surface area (Å²) in [6.07, 6.45) is 0. The van der Waals surface area contributed by atoms with Crippen LogP contribution in [0.1, 0.15) is 18.4 Å². The van der Waals surface area contributed by atoms with Crippen LogP contribution in [0.3, 0.4) is 0 Å². The fraction of sp³-hybridized carbons (Fsp3) is 0.278. The van der Waals surface area contributed by atoms with Crippen molar-refractivity contribution in [2.24, 2.45) is 0 Å². The van der Waals surface area contributed by atoms with Gasteiger partial charge in [0.15, 0.2) is 0 Å². The van der Waals surface area contributed by atoms with Gasteiger partial charge >= 0.3 is 5.97 Å². The summed E-state index contributed by atoms with van der Waals surface area (Å²) in [5.41, 5.74) is 1.88. The second-order valence-electron chi connectivity index (χ2n) is 4.82. The highest BCUT2D eigenvalue weighted by molar-refractivity contribution is 5.79.